The van der Waals surface area contributed by atoms with Gasteiger partial charge in [-0.15, -0.1) is 0 Å². The van der Waals surface area contributed by atoms with Crippen molar-refractivity contribution in [3.05, 3.63) is 33.8 Å². The van der Waals surface area contributed by atoms with Gasteiger partial charge < -0.3 is 10.1 Å². The van der Waals surface area contributed by atoms with Gasteiger partial charge in [-0.1, -0.05) is 44.0 Å². The van der Waals surface area contributed by atoms with Crippen LogP contribution in [0.4, 0.5) is 0 Å². The molecule has 6 heteroatoms. The van der Waals surface area contributed by atoms with Crippen LogP contribution in [0, 0.1) is 5.41 Å². The van der Waals surface area contributed by atoms with E-state index in [0.29, 0.717) is 5.02 Å². The zero-order valence-corrected chi connectivity index (χ0v) is 15.6. The van der Waals surface area contributed by atoms with Gasteiger partial charge in [0.05, 0.1) is 10.6 Å². The van der Waals surface area contributed by atoms with E-state index in [0.717, 1.165) is 6.42 Å². The average Bonchev–Trinajstić information content (AvgIpc) is 2.32. The highest BCUT2D eigenvalue weighted by Crippen LogP contribution is 2.26. The summed E-state index contributed by atoms with van der Waals surface area (Å²) in [5, 5.41) is 3.49. The second kappa shape index (κ2) is 7.54. The number of hydrogen-bond donors (Lipinski definition) is 1. The SMILES string of the molecule is CC(C)(C)CC(C)(C)NC(=O)COC(=O)c1ccc(Cl)cc1Cl. The molecule has 0 saturated carbocycles. The van der Waals surface area contributed by atoms with E-state index >= 15 is 0 Å². The minimum atomic E-state index is -0.657. The first kappa shape index (κ1) is 19.8. The third-order valence-electron chi connectivity index (χ3n) is 2.94. The van der Waals surface area contributed by atoms with Crippen LogP contribution in [0.2, 0.25) is 10.0 Å². The molecule has 0 aromatic heterocycles. The Labute approximate surface area is 147 Å². The Balaban J connectivity index is 2.57. The summed E-state index contributed by atoms with van der Waals surface area (Å²) in [7, 11) is 0. The van der Waals surface area contributed by atoms with Crippen molar-refractivity contribution in [2.45, 2.75) is 46.6 Å². The van der Waals surface area contributed by atoms with Gasteiger partial charge in [-0.05, 0) is 43.9 Å². The zero-order chi connectivity index (χ0) is 17.8. The van der Waals surface area contributed by atoms with Gasteiger partial charge >= 0.3 is 5.97 Å². The molecule has 128 valence electrons. The van der Waals surface area contributed by atoms with Gasteiger partial charge in [0.25, 0.3) is 5.91 Å². The number of esters is 1. The average molecular weight is 360 g/mol. The molecule has 0 aliphatic carbocycles. The quantitative estimate of drug-likeness (QED) is 0.788. The van der Waals surface area contributed by atoms with E-state index in [9.17, 15) is 9.59 Å². The van der Waals surface area contributed by atoms with Crippen molar-refractivity contribution in [3.8, 4) is 0 Å². The first-order chi connectivity index (χ1) is 10.4. The number of carbonyl (C=O) groups excluding carboxylic acids is 2. The Hall–Kier alpha value is -1.26. The number of halogens is 2. The number of nitrogens with one attached hydrogen (secondary N) is 1. The maximum absolute atomic E-state index is 12.0. The highest BCUT2D eigenvalue weighted by atomic mass is 35.5. The van der Waals surface area contributed by atoms with Crippen LogP contribution in [0.25, 0.3) is 0 Å². The smallest absolute Gasteiger partial charge is 0.340 e. The summed E-state index contributed by atoms with van der Waals surface area (Å²) in [6, 6.07) is 4.46. The van der Waals surface area contributed by atoms with Crippen LogP contribution in [0.1, 0.15) is 51.4 Å². The van der Waals surface area contributed by atoms with Gasteiger partial charge in [-0.2, -0.15) is 0 Å². The first-order valence-electron chi connectivity index (χ1n) is 7.33. The number of hydrogen-bond acceptors (Lipinski definition) is 3. The normalized spacial score (nSPS) is 12.0. The van der Waals surface area contributed by atoms with Crippen molar-refractivity contribution < 1.29 is 14.3 Å². The predicted molar refractivity (Wildman–Crippen MR) is 93.0 cm³/mol. The minimum absolute atomic E-state index is 0.0737. The van der Waals surface area contributed by atoms with Crippen LogP contribution >= 0.6 is 23.2 Å². The van der Waals surface area contributed by atoms with E-state index in [2.05, 4.69) is 26.1 Å². The molecule has 0 fully saturated rings. The summed E-state index contributed by atoms with van der Waals surface area (Å²) in [4.78, 5) is 23.9. The zero-order valence-electron chi connectivity index (χ0n) is 14.1. The van der Waals surface area contributed by atoms with Crippen molar-refractivity contribution >= 4 is 35.1 Å². The van der Waals surface area contributed by atoms with Crippen LogP contribution in [-0.4, -0.2) is 24.0 Å². The molecule has 0 aliphatic heterocycles. The Kier molecular flexibility index (Phi) is 6.49. The molecular weight excluding hydrogens is 337 g/mol. The topological polar surface area (TPSA) is 55.4 Å². The lowest BCUT2D eigenvalue weighted by atomic mass is 9.82. The monoisotopic (exact) mass is 359 g/mol. The van der Waals surface area contributed by atoms with Gasteiger partial charge in [-0.25, -0.2) is 4.79 Å². The lowest BCUT2D eigenvalue weighted by Crippen LogP contribution is -2.47. The molecule has 1 aromatic rings. The van der Waals surface area contributed by atoms with Crippen LogP contribution in [0.3, 0.4) is 0 Å². The molecule has 1 amide bonds. The molecule has 1 aromatic carbocycles. The number of ether oxygens (including phenoxy) is 1. The summed E-state index contributed by atoms with van der Waals surface area (Å²) in [5.41, 5.74) is -0.137. The first-order valence-corrected chi connectivity index (χ1v) is 8.08. The van der Waals surface area contributed by atoms with E-state index in [4.69, 9.17) is 27.9 Å². The lowest BCUT2D eigenvalue weighted by molar-refractivity contribution is -0.126. The maximum atomic E-state index is 12.0. The van der Waals surface area contributed by atoms with Gasteiger partial charge in [0.1, 0.15) is 0 Å². The number of benzene rings is 1. The van der Waals surface area contributed by atoms with Gasteiger partial charge in [0, 0.05) is 10.6 Å². The minimum Gasteiger partial charge on any atom is -0.452 e. The molecule has 0 bridgehead atoms. The van der Waals surface area contributed by atoms with Crippen LogP contribution < -0.4 is 5.32 Å². The number of amides is 1. The molecule has 1 N–H and O–H groups in total. The van der Waals surface area contributed by atoms with E-state index in [-0.39, 0.29) is 34.1 Å². The van der Waals surface area contributed by atoms with Gasteiger partial charge in [0.2, 0.25) is 0 Å². The van der Waals surface area contributed by atoms with E-state index in [1.54, 1.807) is 0 Å². The van der Waals surface area contributed by atoms with E-state index in [1.165, 1.54) is 18.2 Å². The third-order valence-corrected chi connectivity index (χ3v) is 3.48. The fourth-order valence-corrected chi connectivity index (χ4v) is 3.13. The van der Waals surface area contributed by atoms with Crippen molar-refractivity contribution in [2.75, 3.05) is 6.61 Å². The molecule has 0 atom stereocenters. The second-order valence-corrected chi connectivity index (χ2v) is 8.21. The van der Waals surface area contributed by atoms with Crippen LogP contribution in [0.5, 0.6) is 0 Å². The Morgan fingerprint density at radius 2 is 1.74 bits per heavy atom. The molecule has 0 spiro atoms. The molecule has 0 saturated heterocycles. The summed E-state index contributed by atoms with van der Waals surface area (Å²) in [6.07, 6.45) is 0.794. The summed E-state index contributed by atoms with van der Waals surface area (Å²) >= 11 is 11.7. The number of rotatable bonds is 5. The molecule has 23 heavy (non-hydrogen) atoms. The summed E-state index contributed by atoms with van der Waals surface area (Å²) in [6.45, 7) is 9.82. The van der Waals surface area contributed by atoms with Crippen molar-refractivity contribution in [1.82, 2.24) is 5.32 Å². The lowest BCUT2D eigenvalue weighted by Gasteiger charge is -2.33. The predicted octanol–water partition coefficient (Wildman–Crippen LogP) is 4.48. The van der Waals surface area contributed by atoms with Crippen molar-refractivity contribution in [3.63, 3.8) is 0 Å². The van der Waals surface area contributed by atoms with Crippen LogP contribution in [-0.2, 0) is 9.53 Å². The largest absolute Gasteiger partial charge is 0.452 e. The third kappa shape index (κ3) is 7.23. The van der Waals surface area contributed by atoms with E-state index in [1.807, 2.05) is 13.8 Å². The molecular formula is C17H23Cl2NO3. The highest BCUT2D eigenvalue weighted by Gasteiger charge is 2.27. The van der Waals surface area contributed by atoms with E-state index < -0.39 is 5.97 Å². The molecule has 1 rings (SSSR count). The highest BCUT2D eigenvalue weighted by molar-refractivity contribution is 6.36. The Morgan fingerprint density at radius 3 is 2.26 bits per heavy atom. The molecule has 0 aliphatic rings. The Bertz CT molecular complexity index is 592. The fourth-order valence-electron chi connectivity index (χ4n) is 2.65. The van der Waals surface area contributed by atoms with Gasteiger partial charge in [0.15, 0.2) is 6.61 Å². The maximum Gasteiger partial charge on any atom is 0.340 e. The standard InChI is InChI=1S/C17H23Cl2NO3/c1-16(2,3)10-17(4,5)20-14(21)9-23-15(22)12-7-6-11(18)8-13(12)19/h6-8H,9-10H2,1-5H3,(H,20,21). The molecule has 0 radical (unpaired) electrons. The Morgan fingerprint density at radius 1 is 1.13 bits per heavy atom. The van der Waals surface area contributed by atoms with Crippen molar-refractivity contribution in [1.29, 1.82) is 0 Å². The number of carbonyl (C=O) groups is 2. The summed E-state index contributed by atoms with van der Waals surface area (Å²) in [5.74, 6) is -1.01. The van der Waals surface area contributed by atoms with Gasteiger partial charge in [-0.3, -0.25) is 4.79 Å². The second-order valence-electron chi connectivity index (χ2n) is 7.37. The van der Waals surface area contributed by atoms with Crippen LogP contribution in [0.15, 0.2) is 18.2 Å². The fraction of sp³-hybridized carbons (Fsp3) is 0.529. The molecule has 0 unspecified atom stereocenters. The molecule has 4 nitrogen and oxygen atoms in total. The molecule has 0 heterocycles. The summed E-state index contributed by atoms with van der Waals surface area (Å²) < 4.78 is 5.01. The van der Waals surface area contributed by atoms with Crippen molar-refractivity contribution in [2.24, 2.45) is 5.41 Å².